The minimum atomic E-state index is -0.328. The van der Waals surface area contributed by atoms with Crippen molar-refractivity contribution >= 4 is 18.5 Å². The highest BCUT2D eigenvalue weighted by Gasteiger charge is 2.25. The van der Waals surface area contributed by atoms with Crippen LogP contribution in [0.25, 0.3) is 0 Å². The van der Waals surface area contributed by atoms with Gasteiger partial charge in [0.05, 0.1) is 0 Å². The van der Waals surface area contributed by atoms with Crippen molar-refractivity contribution in [3.63, 3.8) is 0 Å². The Balaban J connectivity index is 0.000000253. The lowest BCUT2D eigenvalue weighted by Crippen LogP contribution is -2.41. The number of amides is 2. The molecule has 2 aromatic rings. The van der Waals surface area contributed by atoms with E-state index in [4.69, 9.17) is 14.6 Å². The van der Waals surface area contributed by atoms with E-state index in [0.717, 1.165) is 49.6 Å². The average Bonchev–Trinajstić information content (AvgIpc) is 2.96. The molecule has 0 aliphatic carbocycles. The third-order valence-corrected chi connectivity index (χ3v) is 6.35. The third kappa shape index (κ3) is 10.2. The van der Waals surface area contributed by atoms with Crippen LogP contribution in [0.15, 0.2) is 60.7 Å². The Morgan fingerprint density at radius 1 is 0.811 bits per heavy atom. The number of carbonyl (C=O) groups is 3. The van der Waals surface area contributed by atoms with Crippen LogP contribution in [0.2, 0.25) is 0 Å². The van der Waals surface area contributed by atoms with Gasteiger partial charge in [-0.15, -0.1) is 0 Å². The maximum Gasteiger partial charge on any atom is 0.410 e. The van der Waals surface area contributed by atoms with Crippen molar-refractivity contribution in [1.82, 2.24) is 9.80 Å². The highest BCUT2D eigenvalue weighted by atomic mass is 16.6. The molecule has 2 saturated heterocycles. The van der Waals surface area contributed by atoms with E-state index < -0.39 is 0 Å². The summed E-state index contributed by atoms with van der Waals surface area (Å²) in [5, 5.41) is 9.12. The minimum Gasteiger partial charge on any atom is -0.445 e. The first-order valence-electron chi connectivity index (χ1n) is 12.6. The van der Waals surface area contributed by atoms with E-state index in [1.165, 1.54) is 0 Å². The summed E-state index contributed by atoms with van der Waals surface area (Å²) in [6.07, 6.45) is 3.97. The lowest BCUT2D eigenvalue weighted by Gasteiger charge is -2.31. The number of aliphatic hydroxyl groups excluding tert-OH is 1. The number of benzene rings is 2. The predicted octanol–water partition coefficient (Wildman–Crippen LogP) is 4.90. The molecule has 0 saturated carbocycles. The molecule has 2 amide bonds. The molecule has 37 heavy (non-hydrogen) atoms. The number of likely N-dealkylation sites (tertiary alicyclic amines) is 2. The topological polar surface area (TPSA) is 96.4 Å². The third-order valence-electron chi connectivity index (χ3n) is 6.35. The van der Waals surface area contributed by atoms with Crippen LogP contribution in [0.5, 0.6) is 0 Å². The van der Waals surface area contributed by atoms with Crippen molar-refractivity contribution in [3.8, 4) is 0 Å². The zero-order valence-corrected chi connectivity index (χ0v) is 20.7. The molecule has 8 nitrogen and oxygen atoms in total. The first-order valence-corrected chi connectivity index (χ1v) is 12.6. The zero-order valence-electron chi connectivity index (χ0n) is 20.7. The van der Waals surface area contributed by atoms with Crippen LogP contribution in [0, 0.1) is 11.8 Å². The Hall–Kier alpha value is -3.39. The Kier molecular flexibility index (Phi) is 13.2. The number of piperidine rings is 2. The molecule has 0 spiro atoms. The average molecular weight is 513 g/mol. The number of hydrogen-bond acceptors (Lipinski definition) is 6. The standard InChI is InChI=1S/C14H19NO3.C14H17NO3.CH4/c2*16-10-13-7-4-8-15(9-13)14(17)18-11-12-5-2-1-3-6-12;/h1-3,5-6,13,16H,4,7-11H2;1-3,5-6,10,13H,4,7-9,11H2;1H4/t2*13-;/m11./s1. The lowest BCUT2D eigenvalue weighted by molar-refractivity contribution is -0.112. The molecule has 2 aromatic carbocycles. The van der Waals surface area contributed by atoms with Crippen LogP contribution >= 0.6 is 0 Å². The molecule has 0 bridgehead atoms. The molecule has 0 unspecified atom stereocenters. The van der Waals surface area contributed by atoms with E-state index in [1.807, 2.05) is 60.7 Å². The van der Waals surface area contributed by atoms with Gasteiger partial charge >= 0.3 is 12.2 Å². The second kappa shape index (κ2) is 16.4. The Bertz CT molecular complexity index is 940. The monoisotopic (exact) mass is 512 g/mol. The maximum atomic E-state index is 11.9. The summed E-state index contributed by atoms with van der Waals surface area (Å²) < 4.78 is 10.5. The minimum absolute atomic E-state index is 0. The summed E-state index contributed by atoms with van der Waals surface area (Å²) in [5.41, 5.74) is 1.95. The molecule has 202 valence electrons. The normalized spacial score (nSPS) is 18.9. The molecule has 1 N–H and O–H groups in total. The Labute approximate surface area is 220 Å². The molecule has 2 aliphatic rings. The van der Waals surface area contributed by atoms with Crippen molar-refractivity contribution in [2.45, 2.75) is 46.3 Å². The van der Waals surface area contributed by atoms with Gasteiger partial charge in [-0.25, -0.2) is 9.59 Å². The van der Waals surface area contributed by atoms with Gasteiger partial charge in [0.2, 0.25) is 0 Å². The molecule has 2 heterocycles. The number of nitrogens with zero attached hydrogens (tertiary/aromatic N) is 2. The van der Waals surface area contributed by atoms with Crippen molar-refractivity contribution in [3.05, 3.63) is 71.8 Å². The smallest absolute Gasteiger partial charge is 0.410 e. The molecule has 0 radical (unpaired) electrons. The van der Waals surface area contributed by atoms with Crippen LogP contribution in [0.4, 0.5) is 9.59 Å². The van der Waals surface area contributed by atoms with Gasteiger partial charge in [-0.1, -0.05) is 68.1 Å². The summed E-state index contributed by atoms with van der Waals surface area (Å²) in [6.45, 7) is 3.22. The van der Waals surface area contributed by atoms with E-state index in [1.54, 1.807) is 9.80 Å². The number of carbonyl (C=O) groups excluding carboxylic acids is 3. The number of ether oxygens (including phenoxy) is 2. The summed E-state index contributed by atoms with van der Waals surface area (Å²) in [6, 6.07) is 19.2. The highest BCUT2D eigenvalue weighted by molar-refractivity contribution is 5.69. The van der Waals surface area contributed by atoms with E-state index >= 15 is 0 Å². The molecule has 2 aliphatic heterocycles. The summed E-state index contributed by atoms with van der Waals surface area (Å²) in [4.78, 5) is 37.7. The quantitative estimate of drug-likeness (QED) is 0.553. The van der Waals surface area contributed by atoms with Crippen molar-refractivity contribution in [1.29, 1.82) is 0 Å². The van der Waals surface area contributed by atoms with Crippen molar-refractivity contribution < 1.29 is 29.0 Å². The number of rotatable bonds is 6. The van der Waals surface area contributed by atoms with Gasteiger partial charge in [0.15, 0.2) is 0 Å². The number of aliphatic hydroxyl groups is 1. The lowest BCUT2D eigenvalue weighted by atomic mass is 10.00. The van der Waals surface area contributed by atoms with E-state index in [-0.39, 0.29) is 44.7 Å². The Morgan fingerprint density at radius 3 is 1.78 bits per heavy atom. The van der Waals surface area contributed by atoms with Crippen molar-refractivity contribution in [2.75, 3.05) is 32.8 Å². The molecular formula is C29H40N2O6. The second-order valence-electron chi connectivity index (χ2n) is 9.20. The van der Waals surface area contributed by atoms with E-state index in [9.17, 15) is 14.4 Å². The second-order valence-corrected chi connectivity index (χ2v) is 9.20. The largest absolute Gasteiger partial charge is 0.445 e. The van der Waals surface area contributed by atoms with Gasteiger partial charge in [-0.2, -0.15) is 0 Å². The summed E-state index contributed by atoms with van der Waals surface area (Å²) in [7, 11) is 0. The molecular weight excluding hydrogens is 472 g/mol. The first-order chi connectivity index (χ1) is 17.6. The molecule has 2 fully saturated rings. The fourth-order valence-corrected chi connectivity index (χ4v) is 4.29. The predicted molar refractivity (Wildman–Crippen MR) is 142 cm³/mol. The highest BCUT2D eigenvalue weighted by Crippen LogP contribution is 2.17. The molecule has 2 atom stereocenters. The van der Waals surface area contributed by atoms with Crippen LogP contribution in [-0.4, -0.2) is 66.2 Å². The maximum absolute atomic E-state index is 11.9. The van der Waals surface area contributed by atoms with Gasteiger partial charge in [0.1, 0.15) is 19.5 Å². The number of aldehydes is 1. The van der Waals surface area contributed by atoms with Crippen molar-refractivity contribution in [2.24, 2.45) is 11.8 Å². The molecule has 8 heteroatoms. The van der Waals surface area contributed by atoms with E-state index in [2.05, 4.69) is 0 Å². The molecule has 4 rings (SSSR count). The Morgan fingerprint density at radius 2 is 1.30 bits per heavy atom. The number of hydrogen-bond donors (Lipinski definition) is 1. The van der Waals surface area contributed by atoms with Gasteiger partial charge in [0.25, 0.3) is 0 Å². The first kappa shape index (κ1) is 29.8. The van der Waals surface area contributed by atoms with E-state index in [0.29, 0.717) is 26.2 Å². The zero-order chi connectivity index (χ0) is 25.6. The van der Waals surface area contributed by atoms with Gasteiger partial charge in [0, 0.05) is 38.7 Å². The van der Waals surface area contributed by atoms with Crippen LogP contribution in [0.1, 0.15) is 44.2 Å². The summed E-state index contributed by atoms with van der Waals surface area (Å²) in [5.74, 6) is 0.158. The fraction of sp³-hybridized carbons (Fsp3) is 0.483. The summed E-state index contributed by atoms with van der Waals surface area (Å²) >= 11 is 0. The van der Waals surface area contributed by atoms with Crippen LogP contribution in [-0.2, 0) is 27.5 Å². The fourth-order valence-electron chi connectivity index (χ4n) is 4.29. The SMILES string of the molecule is C.O=C(OCc1ccccc1)N1CCC[C@@H](CO)C1.O=C[C@@H]1CCCN(C(=O)OCc2ccccc2)C1. The van der Waals surface area contributed by atoms with Crippen LogP contribution in [0.3, 0.4) is 0 Å². The molecule has 0 aromatic heterocycles. The van der Waals surface area contributed by atoms with Gasteiger partial charge in [-0.3, -0.25) is 0 Å². The van der Waals surface area contributed by atoms with Gasteiger partial charge < -0.3 is 29.2 Å². The van der Waals surface area contributed by atoms with Gasteiger partial charge in [-0.05, 0) is 42.7 Å². The van der Waals surface area contributed by atoms with Crippen LogP contribution < -0.4 is 0 Å².